The van der Waals surface area contributed by atoms with Gasteiger partial charge in [-0.15, -0.1) is 0 Å². The van der Waals surface area contributed by atoms with Crippen LogP contribution < -0.4 is 5.32 Å². The Morgan fingerprint density at radius 1 is 0.947 bits per heavy atom. The van der Waals surface area contributed by atoms with Crippen molar-refractivity contribution in [2.45, 2.75) is 57.2 Å². The lowest BCUT2D eigenvalue weighted by atomic mass is 9.66. The molecular weight excluding hydrogens is 234 g/mol. The van der Waals surface area contributed by atoms with Crippen molar-refractivity contribution in [3.8, 4) is 0 Å². The van der Waals surface area contributed by atoms with Crippen molar-refractivity contribution in [3.05, 3.63) is 35.4 Å². The Bertz CT molecular complexity index is 492. The topological polar surface area (TPSA) is 21.3 Å². The van der Waals surface area contributed by atoms with Crippen LogP contribution in [0.2, 0.25) is 0 Å². The highest BCUT2D eigenvalue weighted by atomic mass is 16.5. The highest BCUT2D eigenvalue weighted by Crippen LogP contribution is 2.48. The molecule has 1 heterocycles. The predicted molar refractivity (Wildman–Crippen MR) is 78.4 cm³/mol. The fourth-order valence-electron chi connectivity index (χ4n) is 3.71. The molecule has 2 heteroatoms. The fourth-order valence-corrected chi connectivity index (χ4v) is 3.71. The van der Waals surface area contributed by atoms with Crippen LogP contribution in [-0.2, 0) is 15.8 Å². The summed E-state index contributed by atoms with van der Waals surface area (Å²) in [7, 11) is 0. The monoisotopic (exact) mass is 259 g/mol. The molecule has 0 bridgehead atoms. The Labute approximate surface area is 116 Å². The zero-order valence-electron chi connectivity index (χ0n) is 12.5. The van der Waals surface area contributed by atoms with E-state index in [0.717, 1.165) is 19.5 Å². The lowest BCUT2D eigenvalue weighted by molar-refractivity contribution is -0.177. The molecule has 1 spiro atoms. The van der Waals surface area contributed by atoms with E-state index in [0.29, 0.717) is 0 Å². The molecule has 1 fully saturated rings. The highest BCUT2D eigenvalue weighted by molar-refractivity contribution is 5.41. The van der Waals surface area contributed by atoms with Crippen LogP contribution >= 0.6 is 0 Å². The van der Waals surface area contributed by atoms with E-state index in [1.165, 1.54) is 17.5 Å². The third-order valence-corrected chi connectivity index (χ3v) is 4.73. The Hall–Kier alpha value is -0.860. The number of fused-ring (bicyclic) bond motifs is 2. The number of ether oxygens (including phenoxy) is 1. The third-order valence-electron chi connectivity index (χ3n) is 4.73. The molecule has 1 aliphatic heterocycles. The molecule has 1 atom stereocenters. The lowest BCUT2D eigenvalue weighted by Crippen LogP contribution is -2.58. The molecule has 0 saturated carbocycles. The molecule has 0 aromatic heterocycles. The van der Waals surface area contributed by atoms with Crippen molar-refractivity contribution in [2.24, 2.45) is 0 Å². The minimum absolute atomic E-state index is 0.0904. The quantitative estimate of drug-likeness (QED) is 0.771. The van der Waals surface area contributed by atoms with Gasteiger partial charge in [0.25, 0.3) is 0 Å². The van der Waals surface area contributed by atoms with Crippen LogP contribution in [0.3, 0.4) is 0 Å². The molecule has 1 aromatic carbocycles. The van der Waals surface area contributed by atoms with Gasteiger partial charge in [-0.25, -0.2) is 0 Å². The summed E-state index contributed by atoms with van der Waals surface area (Å²) in [4.78, 5) is 0. The van der Waals surface area contributed by atoms with Crippen LogP contribution in [0.15, 0.2) is 24.3 Å². The molecule has 0 amide bonds. The van der Waals surface area contributed by atoms with Crippen LogP contribution in [0.25, 0.3) is 0 Å². The van der Waals surface area contributed by atoms with E-state index in [4.69, 9.17) is 4.74 Å². The number of nitrogens with one attached hydrogen (secondary N) is 1. The van der Waals surface area contributed by atoms with Gasteiger partial charge < -0.3 is 10.1 Å². The van der Waals surface area contributed by atoms with E-state index in [1.807, 2.05) is 0 Å². The normalized spacial score (nSPS) is 32.0. The Kier molecular flexibility index (Phi) is 2.81. The second-order valence-corrected chi connectivity index (χ2v) is 7.39. The number of rotatable bonds is 0. The first-order chi connectivity index (χ1) is 8.85. The molecule has 1 aromatic rings. The Morgan fingerprint density at radius 2 is 1.63 bits per heavy atom. The van der Waals surface area contributed by atoms with E-state index in [2.05, 4.69) is 57.3 Å². The predicted octanol–water partition coefficient (Wildman–Crippen LogP) is 3.35. The van der Waals surface area contributed by atoms with Gasteiger partial charge >= 0.3 is 0 Å². The van der Waals surface area contributed by atoms with Crippen LogP contribution in [0.4, 0.5) is 0 Å². The van der Waals surface area contributed by atoms with Gasteiger partial charge in [0.2, 0.25) is 0 Å². The molecule has 0 radical (unpaired) electrons. The number of morpholine rings is 1. The molecule has 104 valence electrons. The molecular formula is C17H25NO. The minimum atomic E-state index is -0.131. The summed E-state index contributed by atoms with van der Waals surface area (Å²) >= 11 is 0. The number of benzene rings is 1. The molecule has 1 saturated heterocycles. The average molecular weight is 259 g/mol. The average Bonchev–Trinajstić information content (AvgIpc) is 2.34. The van der Waals surface area contributed by atoms with Gasteiger partial charge in [-0.05, 0) is 43.2 Å². The third kappa shape index (κ3) is 2.11. The van der Waals surface area contributed by atoms with Crippen molar-refractivity contribution in [2.75, 3.05) is 13.1 Å². The summed E-state index contributed by atoms with van der Waals surface area (Å²) < 4.78 is 6.56. The standard InChI is InChI=1S/C17H25NO/c1-15(2)9-10-17(12-18-11-16(3,4)19-17)14-8-6-5-7-13(14)15/h5-8,18H,9-12H2,1-4H3. The molecule has 3 rings (SSSR count). The highest BCUT2D eigenvalue weighted by Gasteiger charge is 2.48. The summed E-state index contributed by atoms with van der Waals surface area (Å²) in [6.45, 7) is 10.9. The van der Waals surface area contributed by atoms with Gasteiger partial charge in [-0.2, -0.15) is 0 Å². The summed E-state index contributed by atoms with van der Waals surface area (Å²) in [6.07, 6.45) is 2.29. The second kappa shape index (κ2) is 4.07. The summed E-state index contributed by atoms with van der Waals surface area (Å²) in [5.41, 5.74) is 2.89. The van der Waals surface area contributed by atoms with Crippen molar-refractivity contribution >= 4 is 0 Å². The maximum Gasteiger partial charge on any atom is 0.107 e. The van der Waals surface area contributed by atoms with Gasteiger partial charge in [-0.1, -0.05) is 38.1 Å². The van der Waals surface area contributed by atoms with Crippen LogP contribution in [0.1, 0.15) is 51.7 Å². The SMILES string of the molecule is CC1(C)CNCC2(CCC(C)(C)c3ccccc32)O1. The number of hydrogen-bond donors (Lipinski definition) is 1. The van der Waals surface area contributed by atoms with E-state index in [-0.39, 0.29) is 16.6 Å². The van der Waals surface area contributed by atoms with Crippen LogP contribution in [-0.4, -0.2) is 18.7 Å². The van der Waals surface area contributed by atoms with Crippen LogP contribution in [0, 0.1) is 0 Å². The first-order valence-corrected chi connectivity index (χ1v) is 7.36. The Morgan fingerprint density at radius 3 is 2.32 bits per heavy atom. The molecule has 2 aliphatic rings. The summed E-state index contributed by atoms with van der Waals surface area (Å²) in [5, 5.41) is 3.58. The van der Waals surface area contributed by atoms with E-state index < -0.39 is 0 Å². The van der Waals surface area contributed by atoms with Crippen molar-refractivity contribution in [3.63, 3.8) is 0 Å². The van der Waals surface area contributed by atoms with Gasteiger partial charge in [0.15, 0.2) is 0 Å². The van der Waals surface area contributed by atoms with Gasteiger partial charge in [0.1, 0.15) is 5.60 Å². The smallest absolute Gasteiger partial charge is 0.107 e. The summed E-state index contributed by atoms with van der Waals surface area (Å²) in [5.74, 6) is 0. The molecule has 1 N–H and O–H groups in total. The summed E-state index contributed by atoms with van der Waals surface area (Å²) in [6, 6.07) is 8.84. The van der Waals surface area contributed by atoms with E-state index in [1.54, 1.807) is 0 Å². The maximum absolute atomic E-state index is 6.56. The fraction of sp³-hybridized carbons (Fsp3) is 0.647. The zero-order valence-corrected chi connectivity index (χ0v) is 12.5. The molecule has 19 heavy (non-hydrogen) atoms. The maximum atomic E-state index is 6.56. The van der Waals surface area contributed by atoms with Crippen molar-refractivity contribution < 1.29 is 4.74 Å². The van der Waals surface area contributed by atoms with Gasteiger partial charge in [0.05, 0.1) is 5.60 Å². The van der Waals surface area contributed by atoms with E-state index >= 15 is 0 Å². The lowest BCUT2D eigenvalue weighted by Gasteiger charge is -2.51. The molecule has 2 nitrogen and oxygen atoms in total. The van der Waals surface area contributed by atoms with E-state index in [9.17, 15) is 0 Å². The first kappa shape index (κ1) is 13.1. The Balaban J connectivity index is 2.10. The minimum Gasteiger partial charge on any atom is -0.362 e. The largest absolute Gasteiger partial charge is 0.362 e. The van der Waals surface area contributed by atoms with Crippen LogP contribution in [0.5, 0.6) is 0 Å². The van der Waals surface area contributed by atoms with Crippen molar-refractivity contribution in [1.29, 1.82) is 0 Å². The second-order valence-electron chi connectivity index (χ2n) is 7.39. The zero-order chi connectivity index (χ0) is 13.7. The first-order valence-electron chi connectivity index (χ1n) is 7.36. The van der Waals surface area contributed by atoms with Gasteiger partial charge in [-0.3, -0.25) is 0 Å². The van der Waals surface area contributed by atoms with Crippen molar-refractivity contribution in [1.82, 2.24) is 5.32 Å². The van der Waals surface area contributed by atoms with Gasteiger partial charge in [0, 0.05) is 13.1 Å². The molecule has 1 unspecified atom stereocenters. The number of hydrogen-bond acceptors (Lipinski definition) is 2. The molecule has 1 aliphatic carbocycles.